The molecule has 1 aromatic heterocycles. The minimum atomic E-state index is 0.628. The third kappa shape index (κ3) is 6.22. The van der Waals surface area contributed by atoms with Gasteiger partial charge in [-0.05, 0) is 19.8 Å². The number of aryl methyl sites for hydroxylation is 1. The summed E-state index contributed by atoms with van der Waals surface area (Å²) < 4.78 is 1.95. The van der Waals surface area contributed by atoms with Gasteiger partial charge in [0.25, 0.3) is 0 Å². The van der Waals surface area contributed by atoms with Gasteiger partial charge in [0, 0.05) is 18.7 Å². The monoisotopic (exact) mass is 265 g/mol. The standard InChI is InChI=1S/C16H31N3/c1-4-7-9-11-13-15(12-10-8-5-2)16-14-19(6-3)18-17-16/h14-15H,4-13H2,1-3H3. The number of nitrogens with zero attached hydrogens (tertiary/aromatic N) is 3. The quantitative estimate of drug-likeness (QED) is 0.531. The molecule has 0 saturated carbocycles. The Labute approximate surface area is 118 Å². The Bertz CT molecular complexity index is 320. The van der Waals surface area contributed by atoms with E-state index in [1.165, 1.54) is 63.5 Å². The third-order valence-electron chi connectivity index (χ3n) is 3.86. The van der Waals surface area contributed by atoms with Crippen LogP contribution in [0.3, 0.4) is 0 Å². The van der Waals surface area contributed by atoms with E-state index in [1.54, 1.807) is 0 Å². The van der Waals surface area contributed by atoms with Crippen molar-refractivity contribution in [3.8, 4) is 0 Å². The summed E-state index contributed by atoms with van der Waals surface area (Å²) in [7, 11) is 0. The summed E-state index contributed by atoms with van der Waals surface area (Å²) in [5.41, 5.74) is 1.22. The number of rotatable bonds is 11. The molecule has 110 valence electrons. The van der Waals surface area contributed by atoms with Crippen LogP contribution in [0.25, 0.3) is 0 Å². The van der Waals surface area contributed by atoms with Gasteiger partial charge >= 0.3 is 0 Å². The van der Waals surface area contributed by atoms with Gasteiger partial charge < -0.3 is 0 Å². The second-order valence-corrected chi connectivity index (χ2v) is 5.54. The highest BCUT2D eigenvalue weighted by Gasteiger charge is 2.14. The van der Waals surface area contributed by atoms with Gasteiger partial charge in [0.15, 0.2) is 0 Å². The Kier molecular flexibility index (Phi) is 8.52. The minimum absolute atomic E-state index is 0.628. The Morgan fingerprint density at radius 2 is 1.58 bits per heavy atom. The maximum absolute atomic E-state index is 4.38. The van der Waals surface area contributed by atoms with E-state index in [1.807, 2.05) is 4.68 Å². The fourth-order valence-electron chi connectivity index (χ4n) is 2.55. The molecule has 0 bridgehead atoms. The maximum atomic E-state index is 4.38. The lowest BCUT2D eigenvalue weighted by Crippen LogP contribution is -2.00. The number of hydrogen-bond acceptors (Lipinski definition) is 2. The van der Waals surface area contributed by atoms with Crippen LogP contribution < -0.4 is 0 Å². The molecule has 0 aliphatic rings. The van der Waals surface area contributed by atoms with Crippen LogP contribution in [-0.2, 0) is 6.54 Å². The molecule has 0 N–H and O–H groups in total. The molecule has 3 nitrogen and oxygen atoms in total. The van der Waals surface area contributed by atoms with Crippen molar-refractivity contribution < 1.29 is 0 Å². The first-order valence-corrected chi connectivity index (χ1v) is 8.21. The van der Waals surface area contributed by atoms with Crippen molar-refractivity contribution in [3.63, 3.8) is 0 Å². The molecule has 1 heterocycles. The molecule has 3 heteroatoms. The number of aromatic nitrogens is 3. The highest BCUT2D eigenvalue weighted by Crippen LogP contribution is 2.26. The van der Waals surface area contributed by atoms with Gasteiger partial charge in [-0.2, -0.15) is 0 Å². The lowest BCUT2D eigenvalue weighted by molar-refractivity contribution is 0.492. The van der Waals surface area contributed by atoms with Gasteiger partial charge in [-0.3, -0.25) is 4.68 Å². The van der Waals surface area contributed by atoms with Crippen molar-refractivity contribution in [2.24, 2.45) is 0 Å². The normalized spacial score (nSPS) is 12.8. The lowest BCUT2D eigenvalue weighted by Gasteiger charge is -2.13. The Balaban J connectivity index is 2.47. The zero-order valence-corrected chi connectivity index (χ0v) is 13.1. The van der Waals surface area contributed by atoms with Gasteiger partial charge in [-0.15, -0.1) is 5.10 Å². The molecule has 0 aliphatic carbocycles. The van der Waals surface area contributed by atoms with E-state index in [2.05, 4.69) is 37.3 Å². The fourth-order valence-corrected chi connectivity index (χ4v) is 2.55. The van der Waals surface area contributed by atoms with E-state index in [0.29, 0.717) is 5.92 Å². The molecule has 1 aromatic rings. The summed E-state index contributed by atoms with van der Waals surface area (Å²) in [6.45, 7) is 7.57. The lowest BCUT2D eigenvalue weighted by atomic mass is 9.92. The first kappa shape index (κ1) is 16.2. The first-order chi connectivity index (χ1) is 9.31. The smallest absolute Gasteiger partial charge is 0.0857 e. The molecule has 0 spiro atoms. The molecular weight excluding hydrogens is 234 g/mol. The second-order valence-electron chi connectivity index (χ2n) is 5.54. The van der Waals surface area contributed by atoms with Gasteiger partial charge in [0.2, 0.25) is 0 Å². The van der Waals surface area contributed by atoms with Gasteiger partial charge in [0.05, 0.1) is 5.69 Å². The predicted octanol–water partition coefficient (Wildman–Crippen LogP) is 4.93. The van der Waals surface area contributed by atoms with Crippen LogP contribution in [0.4, 0.5) is 0 Å². The van der Waals surface area contributed by atoms with E-state index in [0.717, 1.165) is 6.54 Å². The summed E-state index contributed by atoms with van der Waals surface area (Å²) in [5, 5.41) is 8.57. The SMILES string of the molecule is CCCCCCC(CCCCC)c1cn(CC)nn1. The maximum Gasteiger partial charge on any atom is 0.0857 e. The minimum Gasteiger partial charge on any atom is -0.253 e. The summed E-state index contributed by atoms with van der Waals surface area (Å²) in [4.78, 5) is 0. The fraction of sp³-hybridized carbons (Fsp3) is 0.875. The van der Waals surface area contributed by atoms with Crippen LogP contribution in [0.2, 0.25) is 0 Å². The first-order valence-electron chi connectivity index (χ1n) is 8.21. The van der Waals surface area contributed by atoms with E-state index < -0.39 is 0 Å². The van der Waals surface area contributed by atoms with Crippen molar-refractivity contribution in [2.45, 2.75) is 91.0 Å². The predicted molar refractivity (Wildman–Crippen MR) is 81.3 cm³/mol. The zero-order valence-electron chi connectivity index (χ0n) is 13.1. The van der Waals surface area contributed by atoms with Gasteiger partial charge in [-0.25, -0.2) is 0 Å². The third-order valence-corrected chi connectivity index (χ3v) is 3.86. The average Bonchev–Trinajstić information content (AvgIpc) is 2.90. The molecule has 0 saturated heterocycles. The Morgan fingerprint density at radius 1 is 0.947 bits per heavy atom. The second kappa shape index (κ2) is 9.99. The summed E-state index contributed by atoms with van der Waals surface area (Å²) in [6.07, 6.45) is 14.1. The van der Waals surface area contributed by atoms with E-state index in [9.17, 15) is 0 Å². The summed E-state index contributed by atoms with van der Waals surface area (Å²) in [5.74, 6) is 0.628. The van der Waals surface area contributed by atoms with Gasteiger partial charge in [-0.1, -0.05) is 64.0 Å². The molecule has 0 fully saturated rings. The number of hydrogen-bond donors (Lipinski definition) is 0. The van der Waals surface area contributed by atoms with Crippen LogP contribution >= 0.6 is 0 Å². The van der Waals surface area contributed by atoms with Crippen molar-refractivity contribution in [3.05, 3.63) is 11.9 Å². The molecule has 0 amide bonds. The molecule has 0 radical (unpaired) electrons. The molecule has 1 unspecified atom stereocenters. The van der Waals surface area contributed by atoms with Crippen LogP contribution in [0.5, 0.6) is 0 Å². The van der Waals surface area contributed by atoms with Crippen LogP contribution in [-0.4, -0.2) is 15.0 Å². The summed E-state index contributed by atoms with van der Waals surface area (Å²) in [6, 6.07) is 0. The summed E-state index contributed by atoms with van der Waals surface area (Å²) >= 11 is 0. The van der Waals surface area contributed by atoms with Crippen molar-refractivity contribution in [2.75, 3.05) is 0 Å². The largest absolute Gasteiger partial charge is 0.253 e. The van der Waals surface area contributed by atoms with E-state index in [-0.39, 0.29) is 0 Å². The topological polar surface area (TPSA) is 30.7 Å². The van der Waals surface area contributed by atoms with Crippen molar-refractivity contribution >= 4 is 0 Å². The zero-order chi connectivity index (χ0) is 13.9. The van der Waals surface area contributed by atoms with Crippen molar-refractivity contribution in [1.82, 2.24) is 15.0 Å². The van der Waals surface area contributed by atoms with Crippen LogP contribution in [0.15, 0.2) is 6.20 Å². The molecule has 1 rings (SSSR count). The van der Waals surface area contributed by atoms with Crippen LogP contribution in [0, 0.1) is 0 Å². The van der Waals surface area contributed by atoms with Gasteiger partial charge in [0.1, 0.15) is 0 Å². The average molecular weight is 265 g/mol. The Morgan fingerprint density at radius 3 is 2.16 bits per heavy atom. The van der Waals surface area contributed by atoms with Crippen molar-refractivity contribution in [1.29, 1.82) is 0 Å². The van der Waals surface area contributed by atoms with E-state index >= 15 is 0 Å². The molecule has 1 atom stereocenters. The number of unbranched alkanes of at least 4 members (excludes halogenated alkanes) is 5. The highest BCUT2D eigenvalue weighted by molar-refractivity contribution is 5.01. The van der Waals surface area contributed by atoms with Crippen LogP contribution in [0.1, 0.15) is 90.2 Å². The molecule has 19 heavy (non-hydrogen) atoms. The Hall–Kier alpha value is -0.860. The highest BCUT2D eigenvalue weighted by atomic mass is 15.4. The molecule has 0 aliphatic heterocycles. The van der Waals surface area contributed by atoms with E-state index in [4.69, 9.17) is 0 Å². The molecule has 0 aromatic carbocycles. The molecular formula is C16H31N3.